The third-order valence-corrected chi connectivity index (χ3v) is 10.0. The van der Waals surface area contributed by atoms with Crippen molar-refractivity contribution in [1.29, 1.82) is 0 Å². The summed E-state index contributed by atoms with van der Waals surface area (Å²) in [7, 11) is 0. The first-order valence-corrected chi connectivity index (χ1v) is 17.1. The van der Waals surface area contributed by atoms with E-state index in [9.17, 15) is 19.2 Å². The van der Waals surface area contributed by atoms with Gasteiger partial charge in [0.05, 0.1) is 29.1 Å². The van der Waals surface area contributed by atoms with Crippen LogP contribution in [-0.2, 0) is 17.9 Å². The topological polar surface area (TPSA) is 126 Å². The van der Waals surface area contributed by atoms with Crippen molar-refractivity contribution in [3.8, 4) is 17.2 Å². The van der Waals surface area contributed by atoms with Crippen LogP contribution in [0, 0.1) is 5.82 Å². The third kappa shape index (κ3) is 7.16. The zero-order chi connectivity index (χ0) is 35.2. The van der Waals surface area contributed by atoms with Crippen molar-refractivity contribution in [3.05, 3.63) is 109 Å². The summed E-state index contributed by atoms with van der Waals surface area (Å²) in [4.78, 5) is 55.1. The summed E-state index contributed by atoms with van der Waals surface area (Å²) in [6, 6.07) is 16.1. The lowest BCUT2D eigenvalue weighted by atomic mass is 9.93. The molecule has 0 bridgehead atoms. The molecule has 4 aromatic rings. The molecule has 0 saturated heterocycles. The minimum Gasteiger partial charge on any atom is -0.490 e. The quantitative estimate of drug-likeness (QED) is 0.177. The minimum atomic E-state index is -1.35. The number of nitrogens with two attached hydrogens (primary N) is 1. The molecule has 49 heavy (non-hydrogen) atoms. The van der Waals surface area contributed by atoms with Crippen molar-refractivity contribution >= 4 is 45.1 Å². The number of carbonyl (C=O) groups excluding carboxylic acids is 3. The first-order valence-electron chi connectivity index (χ1n) is 15.9. The fourth-order valence-electron chi connectivity index (χ4n) is 5.82. The molecule has 13 heteroatoms. The number of ketones is 1. The Balaban J connectivity index is 1.33. The molecule has 1 aromatic heterocycles. The van der Waals surface area contributed by atoms with Crippen molar-refractivity contribution < 1.29 is 28.2 Å². The average Bonchev–Trinajstić information content (AvgIpc) is 3.83. The molecule has 3 aromatic carbocycles. The van der Waals surface area contributed by atoms with Gasteiger partial charge in [0.2, 0.25) is 0 Å². The van der Waals surface area contributed by atoms with Crippen LogP contribution in [-0.4, -0.2) is 49.9 Å². The Labute approximate surface area is 295 Å². The van der Waals surface area contributed by atoms with Crippen LogP contribution in [0.15, 0.2) is 69.9 Å². The maximum absolute atomic E-state index is 15.4. The van der Waals surface area contributed by atoms with Gasteiger partial charge in [-0.15, -0.1) is 0 Å². The Hall–Kier alpha value is -4.42. The normalized spacial score (nSPS) is 15.0. The number of nitrogens with zero attached hydrogens (tertiary/aromatic N) is 3. The number of rotatable bonds is 11. The molecule has 1 atom stereocenters. The Kier molecular flexibility index (Phi) is 9.47. The molecule has 256 valence electrons. The number of halogens is 3. The first kappa shape index (κ1) is 34.4. The average molecular weight is 754 g/mol. The maximum Gasteiger partial charge on any atom is 0.333 e. The molecular weight excluding hydrogens is 719 g/mol. The Morgan fingerprint density at radius 2 is 1.73 bits per heavy atom. The molecule has 1 saturated carbocycles. The number of imidazole rings is 1. The lowest BCUT2D eigenvalue weighted by molar-refractivity contribution is -0.130. The molecule has 0 spiro atoms. The SMILES string of the molecule is C[C@H](CC(=O)c1c2n(c(=O)n1-c1ccc(OC3CC3)cc1)CCN(C(=O)c1ccc(Br)c(Cl)c1)C2)c1ccc(OC(C)(C)C(N)=O)cc1F. The largest absolute Gasteiger partial charge is 0.490 e. The van der Waals surface area contributed by atoms with Crippen LogP contribution in [0.2, 0.25) is 5.02 Å². The van der Waals surface area contributed by atoms with Crippen LogP contribution in [0.3, 0.4) is 0 Å². The Bertz CT molecular complexity index is 2020. The second kappa shape index (κ2) is 13.5. The van der Waals surface area contributed by atoms with Gasteiger partial charge in [0, 0.05) is 35.6 Å². The predicted octanol–water partition coefficient (Wildman–Crippen LogP) is 6.41. The van der Waals surface area contributed by atoms with Crippen LogP contribution in [0.1, 0.15) is 78.1 Å². The van der Waals surface area contributed by atoms with Gasteiger partial charge in [-0.3, -0.25) is 23.5 Å². The van der Waals surface area contributed by atoms with Crippen LogP contribution in [0.5, 0.6) is 11.5 Å². The standard InChI is InChI=1S/C36H35BrClFN4O6/c1-20(26-12-11-25(18-29(26)39)49-36(2,3)34(40)46)16-31(44)32-30-19-41(33(45)21-4-13-27(37)28(38)17-21)14-15-42(30)35(47)43(32)22-5-7-23(8-6-22)48-24-9-10-24/h4-8,11-13,17-18,20,24H,9-10,14-16,19H2,1-3H3,(H2,40,46)/t20-/m1/s1. The first-order chi connectivity index (χ1) is 23.2. The van der Waals surface area contributed by atoms with E-state index in [-0.39, 0.29) is 55.1 Å². The summed E-state index contributed by atoms with van der Waals surface area (Å²) >= 11 is 9.61. The summed E-state index contributed by atoms with van der Waals surface area (Å²) in [5.41, 5.74) is 5.24. The van der Waals surface area contributed by atoms with E-state index >= 15 is 4.39 Å². The van der Waals surface area contributed by atoms with E-state index < -0.39 is 34.7 Å². The molecular formula is C36H35BrClFN4O6. The summed E-state index contributed by atoms with van der Waals surface area (Å²) in [6.45, 7) is 5.10. The van der Waals surface area contributed by atoms with E-state index in [2.05, 4.69) is 15.9 Å². The van der Waals surface area contributed by atoms with Crippen LogP contribution in [0.4, 0.5) is 4.39 Å². The van der Waals surface area contributed by atoms with E-state index in [1.54, 1.807) is 54.3 Å². The van der Waals surface area contributed by atoms with Crippen LogP contribution >= 0.6 is 27.5 Å². The fourth-order valence-corrected chi connectivity index (χ4v) is 6.25. The number of hydrogen-bond donors (Lipinski definition) is 1. The molecule has 2 N–H and O–H groups in total. The lowest BCUT2D eigenvalue weighted by Crippen LogP contribution is -2.43. The molecule has 2 aliphatic rings. The van der Waals surface area contributed by atoms with E-state index in [0.29, 0.717) is 32.2 Å². The highest BCUT2D eigenvalue weighted by Crippen LogP contribution is 2.32. The number of fused-ring (bicyclic) bond motifs is 1. The maximum atomic E-state index is 15.4. The Morgan fingerprint density at radius 3 is 2.37 bits per heavy atom. The number of primary amides is 1. The van der Waals surface area contributed by atoms with Crippen LogP contribution in [0.25, 0.3) is 5.69 Å². The summed E-state index contributed by atoms with van der Waals surface area (Å²) in [5.74, 6) is -1.84. The number of hydrogen-bond acceptors (Lipinski definition) is 6. The van der Waals surface area contributed by atoms with Gasteiger partial charge in [-0.05, 0) is 103 Å². The monoisotopic (exact) mass is 752 g/mol. The highest BCUT2D eigenvalue weighted by atomic mass is 79.9. The second-order valence-corrected chi connectivity index (χ2v) is 14.2. The fraction of sp³-hybridized carbons (Fsp3) is 0.333. The van der Waals surface area contributed by atoms with Crippen molar-refractivity contribution in [2.75, 3.05) is 6.54 Å². The smallest absolute Gasteiger partial charge is 0.333 e. The number of ether oxygens (including phenoxy) is 2. The van der Waals surface area contributed by atoms with E-state index in [1.807, 2.05) is 0 Å². The Morgan fingerprint density at radius 1 is 1.04 bits per heavy atom. The van der Waals surface area contributed by atoms with Crippen LogP contribution < -0.4 is 20.9 Å². The highest BCUT2D eigenvalue weighted by Gasteiger charge is 2.33. The lowest BCUT2D eigenvalue weighted by Gasteiger charge is -2.28. The van der Waals surface area contributed by atoms with Crippen molar-refractivity contribution in [3.63, 3.8) is 0 Å². The molecule has 2 heterocycles. The molecule has 2 amide bonds. The molecule has 1 fully saturated rings. The van der Waals surface area contributed by atoms with E-state index in [0.717, 1.165) is 18.9 Å². The number of Topliss-reactive ketones (excluding diaryl/α,β-unsaturated/α-hetero) is 1. The van der Waals surface area contributed by atoms with Gasteiger partial charge in [0.1, 0.15) is 23.0 Å². The molecule has 6 rings (SSSR count). The molecule has 0 radical (unpaired) electrons. The molecule has 0 unspecified atom stereocenters. The number of amides is 2. The second-order valence-electron chi connectivity index (χ2n) is 12.9. The number of aromatic nitrogens is 2. The van der Waals surface area contributed by atoms with Gasteiger partial charge < -0.3 is 20.1 Å². The van der Waals surface area contributed by atoms with E-state index in [4.69, 9.17) is 26.8 Å². The summed E-state index contributed by atoms with van der Waals surface area (Å²) < 4.78 is 30.4. The third-order valence-electron chi connectivity index (χ3n) is 8.78. The highest BCUT2D eigenvalue weighted by molar-refractivity contribution is 9.10. The van der Waals surface area contributed by atoms with Gasteiger partial charge in [0.25, 0.3) is 11.8 Å². The van der Waals surface area contributed by atoms with Crippen molar-refractivity contribution in [1.82, 2.24) is 14.0 Å². The number of carbonyl (C=O) groups is 3. The van der Waals surface area contributed by atoms with E-state index in [1.165, 1.54) is 35.1 Å². The molecule has 10 nitrogen and oxygen atoms in total. The van der Waals surface area contributed by atoms with Crippen molar-refractivity contribution in [2.45, 2.75) is 70.7 Å². The predicted molar refractivity (Wildman–Crippen MR) is 185 cm³/mol. The van der Waals surface area contributed by atoms with Gasteiger partial charge in [0.15, 0.2) is 11.4 Å². The van der Waals surface area contributed by atoms with Gasteiger partial charge in [-0.2, -0.15) is 0 Å². The van der Waals surface area contributed by atoms with Crippen molar-refractivity contribution in [2.24, 2.45) is 5.73 Å². The number of benzene rings is 3. The van der Waals surface area contributed by atoms with Gasteiger partial charge in [-0.25, -0.2) is 9.18 Å². The van der Waals surface area contributed by atoms with Gasteiger partial charge in [-0.1, -0.05) is 24.6 Å². The molecule has 1 aliphatic carbocycles. The summed E-state index contributed by atoms with van der Waals surface area (Å²) in [5, 5.41) is 0.383. The minimum absolute atomic E-state index is 0.00311. The summed E-state index contributed by atoms with van der Waals surface area (Å²) in [6.07, 6.45) is 2.04. The van der Waals surface area contributed by atoms with Gasteiger partial charge >= 0.3 is 5.69 Å². The zero-order valence-electron chi connectivity index (χ0n) is 27.2. The zero-order valence-corrected chi connectivity index (χ0v) is 29.5. The molecule has 1 aliphatic heterocycles.